The standard InChI is InChI=1S/C11H12Br2ClNO2S/c12-5-6-15(8-1-2-8)18(16,17)9-3-4-11(14)10(13)7-9/h3-4,7-8H,1-2,5-6H2. The highest BCUT2D eigenvalue weighted by Crippen LogP contribution is 2.33. The minimum atomic E-state index is -3.42. The zero-order valence-electron chi connectivity index (χ0n) is 9.44. The van der Waals surface area contributed by atoms with Crippen molar-refractivity contribution in [3.05, 3.63) is 27.7 Å². The number of alkyl halides is 1. The van der Waals surface area contributed by atoms with E-state index in [1.165, 1.54) is 0 Å². The molecule has 0 atom stereocenters. The van der Waals surface area contributed by atoms with Crippen molar-refractivity contribution in [1.29, 1.82) is 0 Å². The van der Waals surface area contributed by atoms with Crippen molar-refractivity contribution in [3.63, 3.8) is 0 Å². The number of hydrogen-bond acceptors (Lipinski definition) is 2. The Balaban J connectivity index is 2.36. The van der Waals surface area contributed by atoms with Crippen molar-refractivity contribution in [2.45, 2.75) is 23.8 Å². The van der Waals surface area contributed by atoms with Crippen molar-refractivity contribution in [1.82, 2.24) is 4.31 Å². The lowest BCUT2D eigenvalue weighted by Gasteiger charge is -2.21. The number of nitrogens with zero attached hydrogens (tertiary/aromatic N) is 1. The number of halogens is 3. The number of rotatable bonds is 5. The van der Waals surface area contributed by atoms with Gasteiger partial charge in [-0.2, -0.15) is 4.31 Å². The fraction of sp³-hybridized carbons (Fsp3) is 0.455. The fourth-order valence-electron chi connectivity index (χ4n) is 1.72. The van der Waals surface area contributed by atoms with Crippen LogP contribution in [-0.2, 0) is 10.0 Å². The zero-order valence-corrected chi connectivity index (χ0v) is 14.2. The minimum absolute atomic E-state index is 0.155. The van der Waals surface area contributed by atoms with E-state index in [9.17, 15) is 8.42 Å². The van der Waals surface area contributed by atoms with Gasteiger partial charge < -0.3 is 0 Å². The SMILES string of the molecule is O=S(=O)(c1ccc(Cl)c(Br)c1)N(CCBr)C1CC1. The predicted octanol–water partition coefficient (Wildman–Crippen LogP) is 3.65. The average molecular weight is 418 g/mol. The molecule has 0 N–H and O–H groups in total. The Kier molecular flexibility index (Phi) is 4.75. The van der Waals surface area contributed by atoms with Gasteiger partial charge in [0.05, 0.1) is 9.92 Å². The third-order valence-corrected chi connectivity index (χ3v) is 6.27. The molecule has 100 valence electrons. The Morgan fingerprint density at radius 3 is 2.56 bits per heavy atom. The Labute approximate surface area is 129 Å². The van der Waals surface area contributed by atoms with Crippen LogP contribution in [0.2, 0.25) is 5.02 Å². The van der Waals surface area contributed by atoms with Crippen LogP contribution in [0.15, 0.2) is 27.6 Å². The van der Waals surface area contributed by atoms with Crippen molar-refractivity contribution < 1.29 is 8.42 Å². The van der Waals surface area contributed by atoms with Crippen LogP contribution in [0.1, 0.15) is 12.8 Å². The van der Waals surface area contributed by atoms with E-state index in [1.54, 1.807) is 22.5 Å². The summed E-state index contributed by atoms with van der Waals surface area (Å²) in [7, 11) is -3.42. The monoisotopic (exact) mass is 415 g/mol. The molecular weight excluding hydrogens is 405 g/mol. The van der Waals surface area contributed by atoms with Gasteiger partial charge in [0.1, 0.15) is 0 Å². The molecular formula is C11H12Br2ClNO2S. The molecule has 7 heteroatoms. The molecule has 3 nitrogen and oxygen atoms in total. The van der Waals surface area contributed by atoms with Crippen LogP contribution in [0.4, 0.5) is 0 Å². The summed E-state index contributed by atoms with van der Waals surface area (Å²) in [6.45, 7) is 0.493. The molecule has 2 rings (SSSR count). The highest BCUT2D eigenvalue weighted by atomic mass is 79.9. The maximum Gasteiger partial charge on any atom is 0.243 e. The second kappa shape index (κ2) is 5.79. The highest BCUT2D eigenvalue weighted by Gasteiger charge is 2.37. The van der Waals surface area contributed by atoms with E-state index in [4.69, 9.17) is 11.6 Å². The van der Waals surface area contributed by atoms with Crippen molar-refractivity contribution in [3.8, 4) is 0 Å². The van der Waals surface area contributed by atoms with Gasteiger partial charge in [0, 0.05) is 22.4 Å². The molecule has 0 aromatic heterocycles. The first-order valence-electron chi connectivity index (χ1n) is 5.49. The van der Waals surface area contributed by atoms with Crippen LogP contribution < -0.4 is 0 Å². The molecule has 1 aliphatic rings. The summed E-state index contributed by atoms with van der Waals surface area (Å²) in [5, 5.41) is 1.14. The molecule has 1 fully saturated rings. The number of benzene rings is 1. The summed E-state index contributed by atoms with van der Waals surface area (Å²) < 4.78 is 27.2. The lowest BCUT2D eigenvalue weighted by atomic mass is 10.4. The molecule has 1 aromatic rings. The second-order valence-corrected chi connectivity index (χ2v) is 8.06. The topological polar surface area (TPSA) is 37.4 Å². The van der Waals surface area contributed by atoms with E-state index < -0.39 is 10.0 Å². The lowest BCUT2D eigenvalue weighted by Crippen LogP contribution is -2.34. The predicted molar refractivity (Wildman–Crippen MR) is 79.9 cm³/mol. The van der Waals surface area contributed by atoms with Crippen LogP contribution in [0.3, 0.4) is 0 Å². The van der Waals surface area contributed by atoms with Gasteiger partial charge in [0.25, 0.3) is 0 Å². The Hall–Kier alpha value is 0.380. The number of sulfonamides is 1. The summed E-state index contributed by atoms with van der Waals surface area (Å²) >= 11 is 12.4. The van der Waals surface area contributed by atoms with Crippen LogP contribution >= 0.6 is 43.5 Å². The largest absolute Gasteiger partial charge is 0.243 e. The number of hydrogen-bond donors (Lipinski definition) is 0. The Bertz CT molecular complexity index is 546. The summed E-state index contributed by atoms with van der Waals surface area (Å²) in [6, 6.07) is 4.85. The Morgan fingerprint density at radius 1 is 1.39 bits per heavy atom. The molecule has 18 heavy (non-hydrogen) atoms. The van der Waals surface area contributed by atoms with Gasteiger partial charge >= 0.3 is 0 Å². The zero-order chi connectivity index (χ0) is 13.3. The van der Waals surface area contributed by atoms with E-state index in [-0.39, 0.29) is 10.9 Å². The van der Waals surface area contributed by atoms with E-state index >= 15 is 0 Å². The molecule has 0 aliphatic heterocycles. The summed E-state index contributed by atoms with van der Waals surface area (Å²) in [5.41, 5.74) is 0. The second-order valence-electron chi connectivity index (χ2n) is 4.11. The van der Waals surface area contributed by atoms with E-state index in [0.29, 0.717) is 21.4 Å². The maximum absolute atomic E-state index is 12.5. The molecule has 0 saturated heterocycles. The van der Waals surface area contributed by atoms with Crippen LogP contribution in [0, 0.1) is 0 Å². The van der Waals surface area contributed by atoms with Gasteiger partial charge in [-0.1, -0.05) is 27.5 Å². The van der Waals surface area contributed by atoms with E-state index in [2.05, 4.69) is 31.9 Å². The lowest BCUT2D eigenvalue weighted by molar-refractivity contribution is 0.424. The van der Waals surface area contributed by atoms with Gasteiger partial charge in [-0.3, -0.25) is 0 Å². The summed E-state index contributed by atoms with van der Waals surface area (Å²) in [4.78, 5) is 0.284. The Morgan fingerprint density at radius 2 is 2.06 bits per heavy atom. The fourth-order valence-corrected chi connectivity index (χ4v) is 4.69. The van der Waals surface area contributed by atoms with E-state index in [1.807, 2.05) is 0 Å². The molecule has 1 aromatic carbocycles. The van der Waals surface area contributed by atoms with Crippen molar-refractivity contribution in [2.24, 2.45) is 0 Å². The molecule has 0 amide bonds. The van der Waals surface area contributed by atoms with Crippen molar-refractivity contribution in [2.75, 3.05) is 11.9 Å². The summed E-state index contributed by atoms with van der Waals surface area (Å²) in [5.74, 6) is 0. The maximum atomic E-state index is 12.5. The molecule has 0 heterocycles. The molecule has 0 bridgehead atoms. The van der Waals surface area contributed by atoms with Gasteiger partial charge in [0.15, 0.2) is 0 Å². The van der Waals surface area contributed by atoms with Crippen molar-refractivity contribution >= 4 is 53.5 Å². The highest BCUT2D eigenvalue weighted by molar-refractivity contribution is 9.10. The summed E-state index contributed by atoms with van der Waals surface area (Å²) in [6.07, 6.45) is 1.89. The third-order valence-electron chi connectivity index (χ3n) is 2.76. The molecule has 0 unspecified atom stereocenters. The molecule has 1 saturated carbocycles. The smallest absolute Gasteiger partial charge is 0.207 e. The minimum Gasteiger partial charge on any atom is -0.207 e. The van der Waals surface area contributed by atoms with Gasteiger partial charge in [-0.05, 0) is 47.0 Å². The third kappa shape index (κ3) is 3.10. The normalized spacial score (nSPS) is 16.2. The molecule has 0 radical (unpaired) electrons. The van der Waals surface area contributed by atoms with Crippen LogP contribution in [-0.4, -0.2) is 30.6 Å². The van der Waals surface area contributed by atoms with Gasteiger partial charge in [-0.15, -0.1) is 0 Å². The quantitative estimate of drug-likeness (QED) is 0.686. The molecule has 0 spiro atoms. The molecule has 1 aliphatic carbocycles. The van der Waals surface area contributed by atoms with Gasteiger partial charge in [0.2, 0.25) is 10.0 Å². The van der Waals surface area contributed by atoms with Gasteiger partial charge in [-0.25, -0.2) is 8.42 Å². The van der Waals surface area contributed by atoms with E-state index in [0.717, 1.165) is 12.8 Å². The average Bonchev–Trinajstić information content (AvgIpc) is 3.13. The van der Waals surface area contributed by atoms with Crippen LogP contribution in [0.25, 0.3) is 0 Å². The first kappa shape index (κ1) is 14.8. The van der Waals surface area contributed by atoms with Crippen LogP contribution in [0.5, 0.6) is 0 Å². The first-order chi connectivity index (χ1) is 8.46. The first-order valence-corrected chi connectivity index (χ1v) is 9.23.